The van der Waals surface area contributed by atoms with Crippen molar-refractivity contribution in [2.24, 2.45) is 0 Å². The van der Waals surface area contributed by atoms with E-state index in [4.69, 9.17) is 0 Å². The predicted molar refractivity (Wildman–Crippen MR) is 87.5 cm³/mol. The second-order valence-corrected chi connectivity index (χ2v) is 5.68. The minimum absolute atomic E-state index is 0.782. The van der Waals surface area contributed by atoms with Gasteiger partial charge in [0.05, 0.1) is 3.57 Å². The fourth-order valence-corrected chi connectivity index (χ4v) is 2.29. The van der Waals surface area contributed by atoms with Gasteiger partial charge in [0.15, 0.2) is 0 Å². The van der Waals surface area contributed by atoms with Gasteiger partial charge in [-0.25, -0.2) is 9.97 Å². The van der Waals surface area contributed by atoms with Gasteiger partial charge in [-0.3, -0.25) is 0 Å². The lowest BCUT2D eigenvalue weighted by atomic mass is 10.1. The normalized spacial score (nSPS) is 10.5. The van der Waals surface area contributed by atoms with E-state index in [1.165, 1.54) is 11.1 Å². The Hall–Kier alpha value is -1.17. The van der Waals surface area contributed by atoms with Gasteiger partial charge in [-0.15, -0.1) is 0 Å². The number of nitrogens with one attached hydrogen (secondary N) is 1. The minimum atomic E-state index is 0.782. The minimum Gasteiger partial charge on any atom is -0.369 e. The lowest BCUT2D eigenvalue weighted by molar-refractivity contribution is 0.923. The van der Waals surface area contributed by atoms with Crippen LogP contribution >= 0.6 is 22.6 Å². The maximum Gasteiger partial charge on any atom is 0.143 e. The first-order valence-electron chi connectivity index (χ1n) is 6.50. The Kier molecular flexibility index (Phi) is 5.13. The van der Waals surface area contributed by atoms with Gasteiger partial charge in [-0.05, 0) is 47.1 Å². The highest BCUT2D eigenvalue weighted by Gasteiger charge is 2.06. The Morgan fingerprint density at radius 3 is 2.79 bits per heavy atom. The average molecular weight is 367 g/mol. The summed E-state index contributed by atoms with van der Waals surface area (Å²) in [4.78, 5) is 9.04. The lowest BCUT2D eigenvalue weighted by Gasteiger charge is -2.09. The van der Waals surface area contributed by atoms with Crippen LogP contribution in [0.1, 0.15) is 30.3 Å². The summed E-state index contributed by atoms with van der Waals surface area (Å²) in [5, 5.41) is 3.34. The van der Waals surface area contributed by atoms with Crippen LogP contribution in [0.4, 0.5) is 5.82 Å². The zero-order chi connectivity index (χ0) is 13.7. The molecule has 19 heavy (non-hydrogen) atoms. The maximum absolute atomic E-state index is 4.62. The molecule has 3 nitrogen and oxygen atoms in total. The molecule has 0 aliphatic rings. The standard InChI is InChI=1S/C15H18IN3/c1-3-8-17-15-13(16)10-18-14(19-15)9-12-7-5-4-6-11(12)2/h4-7,10H,3,8-9H2,1-2H3,(H,17,18,19). The number of hydrogen-bond donors (Lipinski definition) is 1. The fraction of sp³-hybridized carbons (Fsp3) is 0.333. The van der Waals surface area contributed by atoms with Crippen molar-refractivity contribution in [3.05, 3.63) is 51.0 Å². The van der Waals surface area contributed by atoms with E-state index in [0.29, 0.717) is 0 Å². The quantitative estimate of drug-likeness (QED) is 0.817. The first-order chi connectivity index (χ1) is 9.20. The third-order valence-corrected chi connectivity index (χ3v) is 3.74. The molecule has 100 valence electrons. The molecule has 0 bridgehead atoms. The van der Waals surface area contributed by atoms with E-state index in [9.17, 15) is 0 Å². The molecule has 0 amide bonds. The van der Waals surface area contributed by atoms with Crippen LogP contribution in [0.25, 0.3) is 0 Å². The third-order valence-electron chi connectivity index (χ3n) is 2.95. The number of aryl methyl sites for hydroxylation is 1. The molecule has 2 rings (SSSR count). The fourth-order valence-electron chi connectivity index (χ4n) is 1.83. The number of hydrogen-bond acceptors (Lipinski definition) is 3. The summed E-state index contributed by atoms with van der Waals surface area (Å²) in [6.07, 6.45) is 3.76. The van der Waals surface area contributed by atoms with E-state index in [0.717, 1.165) is 34.6 Å². The Morgan fingerprint density at radius 1 is 1.26 bits per heavy atom. The zero-order valence-corrected chi connectivity index (χ0v) is 13.4. The van der Waals surface area contributed by atoms with Crippen LogP contribution in [-0.4, -0.2) is 16.5 Å². The molecule has 1 N–H and O–H groups in total. The van der Waals surface area contributed by atoms with Crippen LogP contribution in [0.3, 0.4) is 0 Å². The van der Waals surface area contributed by atoms with Gasteiger partial charge < -0.3 is 5.32 Å². The second kappa shape index (κ2) is 6.84. The lowest BCUT2D eigenvalue weighted by Crippen LogP contribution is -2.07. The first-order valence-corrected chi connectivity index (χ1v) is 7.58. The van der Waals surface area contributed by atoms with E-state index in [1.54, 1.807) is 0 Å². The van der Waals surface area contributed by atoms with Crippen LogP contribution in [0.5, 0.6) is 0 Å². The Bertz CT molecular complexity index is 555. The number of nitrogens with zero attached hydrogens (tertiary/aromatic N) is 2. The van der Waals surface area contributed by atoms with Crippen molar-refractivity contribution in [1.82, 2.24) is 9.97 Å². The summed E-state index contributed by atoms with van der Waals surface area (Å²) >= 11 is 2.27. The SMILES string of the molecule is CCCNc1nc(Cc2ccccc2C)ncc1I. The van der Waals surface area contributed by atoms with Crippen LogP contribution < -0.4 is 5.32 Å². The molecule has 0 aliphatic heterocycles. The van der Waals surface area contributed by atoms with Crippen LogP contribution in [0.15, 0.2) is 30.5 Å². The van der Waals surface area contributed by atoms with Gasteiger partial charge in [0.2, 0.25) is 0 Å². The highest BCUT2D eigenvalue weighted by Crippen LogP contribution is 2.17. The zero-order valence-electron chi connectivity index (χ0n) is 11.3. The molecule has 4 heteroatoms. The number of halogens is 1. The Balaban J connectivity index is 2.19. The van der Waals surface area contributed by atoms with Gasteiger partial charge in [0, 0.05) is 19.2 Å². The summed E-state index contributed by atoms with van der Waals surface area (Å²) in [5.74, 6) is 1.81. The molecule has 0 saturated carbocycles. The second-order valence-electron chi connectivity index (χ2n) is 4.51. The van der Waals surface area contributed by atoms with Crippen molar-refractivity contribution >= 4 is 28.4 Å². The largest absolute Gasteiger partial charge is 0.369 e. The van der Waals surface area contributed by atoms with E-state index in [2.05, 4.69) is 76.0 Å². The summed E-state index contributed by atoms with van der Waals surface area (Å²) in [6.45, 7) is 5.21. The topological polar surface area (TPSA) is 37.8 Å². The maximum atomic E-state index is 4.62. The Morgan fingerprint density at radius 2 is 2.05 bits per heavy atom. The molecule has 0 fully saturated rings. The van der Waals surface area contributed by atoms with Crippen molar-refractivity contribution in [2.75, 3.05) is 11.9 Å². The van der Waals surface area contributed by atoms with E-state index < -0.39 is 0 Å². The molecule has 0 saturated heterocycles. The number of anilines is 1. The molecule has 0 spiro atoms. The number of rotatable bonds is 5. The smallest absolute Gasteiger partial charge is 0.143 e. The molecular formula is C15H18IN3. The van der Waals surface area contributed by atoms with E-state index in [1.807, 2.05) is 6.20 Å². The van der Waals surface area contributed by atoms with Crippen molar-refractivity contribution < 1.29 is 0 Å². The highest BCUT2D eigenvalue weighted by molar-refractivity contribution is 14.1. The first kappa shape index (κ1) is 14.2. The van der Waals surface area contributed by atoms with Crippen LogP contribution in [-0.2, 0) is 6.42 Å². The summed E-state index contributed by atoms with van der Waals surface area (Å²) in [7, 11) is 0. The van der Waals surface area contributed by atoms with Crippen LogP contribution in [0.2, 0.25) is 0 Å². The van der Waals surface area contributed by atoms with Crippen LogP contribution in [0, 0.1) is 10.5 Å². The molecule has 1 aromatic heterocycles. The summed E-state index contributed by atoms with van der Waals surface area (Å²) in [5.41, 5.74) is 2.57. The summed E-state index contributed by atoms with van der Waals surface area (Å²) < 4.78 is 1.07. The van der Waals surface area contributed by atoms with Crippen molar-refractivity contribution in [3.8, 4) is 0 Å². The average Bonchev–Trinajstić information content (AvgIpc) is 2.42. The molecule has 0 unspecified atom stereocenters. The molecule has 1 aromatic carbocycles. The van der Waals surface area contributed by atoms with Gasteiger partial charge >= 0.3 is 0 Å². The highest BCUT2D eigenvalue weighted by atomic mass is 127. The van der Waals surface area contributed by atoms with E-state index in [-0.39, 0.29) is 0 Å². The molecule has 0 atom stereocenters. The molecular weight excluding hydrogens is 349 g/mol. The predicted octanol–water partition coefficient (Wildman–Crippen LogP) is 3.80. The third kappa shape index (κ3) is 3.89. The van der Waals surface area contributed by atoms with Crippen molar-refractivity contribution in [2.45, 2.75) is 26.7 Å². The van der Waals surface area contributed by atoms with Crippen molar-refractivity contribution in [1.29, 1.82) is 0 Å². The monoisotopic (exact) mass is 367 g/mol. The van der Waals surface area contributed by atoms with Gasteiger partial charge in [0.25, 0.3) is 0 Å². The van der Waals surface area contributed by atoms with Crippen molar-refractivity contribution in [3.63, 3.8) is 0 Å². The molecule has 0 radical (unpaired) electrons. The van der Waals surface area contributed by atoms with Gasteiger partial charge in [-0.1, -0.05) is 31.2 Å². The van der Waals surface area contributed by atoms with Gasteiger partial charge in [0.1, 0.15) is 11.6 Å². The molecule has 2 aromatic rings. The molecule has 1 heterocycles. The Labute approximate surface area is 128 Å². The molecule has 0 aliphatic carbocycles. The number of aromatic nitrogens is 2. The summed E-state index contributed by atoms with van der Waals surface area (Å²) in [6, 6.07) is 8.38. The number of benzene rings is 1. The van der Waals surface area contributed by atoms with Gasteiger partial charge in [-0.2, -0.15) is 0 Å². The van der Waals surface area contributed by atoms with E-state index >= 15 is 0 Å².